The summed E-state index contributed by atoms with van der Waals surface area (Å²) in [7, 11) is -3.82. The predicted octanol–water partition coefficient (Wildman–Crippen LogP) is 1.85. The molecule has 0 aliphatic carbocycles. The molecule has 0 heterocycles. The highest BCUT2D eigenvalue weighted by molar-refractivity contribution is 7.89. The number of sulfonamides is 1. The van der Waals surface area contributed by atoms with Crippen molar-refractivity contribution in [3.8, 4) is 0 Å². The van der Waals surface area contributed by atoms with Crippen LogP contribution in [-0.2, 0) is 19.6 Å². The highest BCUT2D eigenvalue weighted by Crippen LogP contribution is 2.19. The molecule has 2 rings (SSSR count). The Morgan fingerprint density at radius 3 is 2.38 bits per heavy atom. The summed E-state index contributed by atoms with van der Waals surface area (Å²) in [4.78, 5) is 23.5. The number of hydrogen-bond acceptors (Lipinski definition) is 5. The highest BCUT2D eigenvalue weighted by atomic mass is 35.5. The van der Waals surface area contributed by atoms with Gasteiger partial charge < -0.3 is 5.32 Å². The van der Waals surface area contributed by atoms with E-state index in [-0.39, 0.29) is 11.4 Å². The Balaban J connectivity index is 1.76. The zero-order valence-corrected chi connectivity index (χ0v) is 17.6. The molecule has 0 saturated heterocycles. The monoisotopic (exact) mass is 456 g/mol. The molecule has 0 aliphatic rings. The van der Waals surface area contributed by atoms with Crippen molar-refractivity contribution in [1.29, 1.82) is 0 Å². The predicted molar refractivity (Wildman–Crippen MR) is 112 cm³/mol. The fourth-order valence-corrected chi connectivity index (χ4v) is 3.46. The van der Waals surface area contributed by atoms with E-state index in [2.05, 4.69) is 20.6 Å². The number of benzene rings is 2. The first-order chi connectivity index (χ1) is 13.7. The summed E-state index contributed by atoms with van der Waals surface area (Å²) < 4.78 is 26.4. The quantitative estimate of drug-likeness (QED) is 0.414. The van der Waals surface area contributed by atoms with Crippen LogP contribution < -0.4 is 15.5 Å². The van der Waals surface area contributed by atoms with E-state index in [1.165, 1.54) is 24.4 Å². The molecule has 8 nitrogen and oxygen atoms in total. The van der Waals surface area contributed by atoms with Gasteiger partial charge >= 0.3 is 0 Å². The second kappa shape index (κ2) is 10.4. The maximum atomic E-state index is 12.1. The van der Waals surface area contributed by atoms with E-state index in [4.69, 9.17) is 23.2 Å². The third kappa shape index (κ3) is 7.47. The Kier molecular flexibility index (Phi) is 8.15. The minimum Gasteiger partial charge on any atom is -0.346 e. The van der Waals surface area contributed by atoms with E-state index in [1.54, 1.807) is 24.3 Å². The van der Waals surface area contributed by atoms with Gasteiger partial charge in [0.2, 0.25) is 15.9 Å². The Morgan fingerprint density at radius 1 is 1.03 bits per heavy atom. The Bertz CT molecular complexity index is 1020. The average Bonchev–Trinajstić information content (AvgIpc) is 2.67. The SMILES string of the molecule is Cc1ccc(S(=O)(=O)NCC(=O)NCC(=O)N/N=C/c2ccc(Cl)cc2Cl)cc1. The first kappa shape index (κ1) is 22.8. The number of hydrogen-bond donors (Lipinski definition) is 3. The number of carbonyl (C=O) groups excluding carboxylic acids is 2. The molecular weight excluding hydrogens is 439 g/mol. The van der Waals surface area contributed by atoms with E-state index >= 15 is 0 Å². The van der Waals surface area contributed by atoms with Crippen LogP contribution in [0.15, 0.2) is 52.5 Å². The van der Waals surface area contributed by atoms with Crippen LogP contribution in [0.25, 0.3) is 0 Å². The molecule has 0 saturated carbocycles. The van der Waals surface area contributed by atoms with Gasteiger partial charge in [0.15, 0.2) is 0 Å². The van der Waals surface area contributed by atoms with Crippen LogP contribution in [0.2, 0.25) is 10.0 Å². The summed E-state index contributed by atoms with van der Waals surface area (Å²) in [6.07, 6.45) is 1.33. The molecule has 3 N–H and O–H groups in total. The first-order valence-electron chi connectivity index (χ1n) is 8.27. The van der Waals surface area contributed by atoms with E-state index in [0.717, 1.165) is 5.56 Å². The summed E-state index contributed by atoms with van der Waals surface area (Å²) in [5.41, 5.74) is 3.68. The van der Waals surface area contributed by atoms with Crippen molar-refractivity contribution in [1.82, 2.24) is 15.5 Å². The van der Waals surface area contributed by atoms with Gasteiger partial charge in [-0.3, -0.25) is 9.59 Å². The van der Waals surface area contributed by atoms with Crippen molar-refractivity contribution in [2.75, 3.05) is 13.1 Å². The van der Waals surface area contributed by atoms with Crippen LogP contribution >= 0.6 is 23.2 Å². The smallest absolute Gasteiger partial charge is 0.259 e. The first-order valence-corrected chi connectivity index (χ1v) is 10.5. The normalized spacial score (nSPS) is 11.4. The molecule has 0 aliphatic heterocycles. The lowest BCUT2D eigenvalue weighted by molar-refractivity contribution is -0.125. The lowest BCUT2D eigenvalue weighted by atomic mass is 10.2. The van der Waals surface area contributed by atoms with Gasteiger partial charge in [0.05, 0.1) is 29.2 Å². The largest absolute Gasteiger partial charge is 0.346 e. The summed E-state index contributed by atoms with van der Waals surface area (Å²) in [6, 6.07) is 11.0. The molecule has 0 aromatic heterocycles. The van der Waals surface area contributed by atoms with E-state index in [0.29, 0.717) is 15.6 Å². The summed E-state index contributed by atoms with van der Waals surface area (Å²) in [6.45, 7) is 0.945. The van der Waals surface area contributed by atoms with Gasteiger partial charge in [-0.1, -0.05) is 47.0 Å². The molecule has 29 heavy (non-hydrogen) atoms. The van der Waals surface area contributed by atoms with Crippen molar-refractivity contribution in [2.45, 2.75) is 11.8 Å². The number of nitrogens with zero attached hydrogens (tertiary/aromatic N) is 1. The van der Waals surface area contributed by atoms with Gasteiger partial charge in [0, 0.05) is 10.6 Å². The van der Waals surface area contributed by atoms with Crippen LogP contribution in [-0.4, -0.2) is 39.5 Å². The highest BCUT2D eigenvalue weighted by Gasteiger charge is 2.15. The van der Waals surface area contributed by atoms with Gasteiger partial charge in [0.1, 0.15) is 0 Å². The number of carbonyl (C=O) groups is 2. The lowest BCUT2D eigenvalue weighted by Gasteiger charge is -2.07. The summed E-state index contributed by atoms with van der Waals surface area (Å²) >= 11 is 11.8. The molecular formula is C18H18Cl2N4O4S. The van der Waals surface area contributed by atoms with Crippen molar-refractivity contribution < 1.29 is 18.0 Å². The number of nitrogens with one attached hydrogen (secondary N) is 3. The maximum absolute atomic E-state index is 12.1. The summed E-state index contributed by atoms with van der Waals surface area (Å²) in [5.74, 6) is -1.26. The zero-order chi connectivity index (χ0) is 21.4. The summed E-state index contributed by atoms with van der Waals surface area (Å²) in [5, 5.41) is 6.85. The Labute approximate surface area is 178 Å². The molecule has 0 bridgehead atoms. The average molecular weight is 457 g/mol. The van der Waals surface area contributed by atoms with Crippen molar-refractivity contribution in [3.05, 3.63) is 63.6 Å². The Morgan fingerprint density at radius 2 is 1.72 bits per heavy atom. The topological polar surface area (TPSA) is 117 Å². The van der Waals surface area contributed by atoms with Gasteiger partial charge in [0.25, 0.3) is 5.91 Å². The second-order valence-corrected chi connectivity index (χ2v) is 8.48. The zero-order valence-electron chi connectivity index (χ0n) is 15.3. The fraction of sp³-hybridized carbons (Fsp3) is 0.167. The van der Waals surface area contributed by atoms with Crippen LogP contribution in [0.4, 0.5) is 0 Å². The van der Waals surface area contributed by atoms with Crippen molar-refractivity contribution in [3.63, 3.8) is 0 Å². The Hall–Kier alpha value is -2.46. The van der Waals surface area contributed by atoms with Crippen LogP contribution in [0.1, 0.15) is 11.1 Å². The number of hydrazone groups is 1. The molecule has 11 heteroatoms. The van der Waals surface area contributed by atoms with Gasteiger partial charge in [-0.2, -0.15) is 5.10 Å². The van der Waals surface area contributed by atoms with Crippen LogP contribution in [0.3, 0.4) is 0 Å². The molecule has 2 aromatic carbocycles. The van der Waals surface area contributed by atoms with E-state index < -0.39 is 28.4 Å². The number of rotatable bonds is 8. The number of halogens is 2. The van der Waals surface area contributed by atoms with Gasteiger partial charge in [-0.25, -0.2) is 18.6 Å². The van der Waals surface area contributed by atoms with E-state index in [1.807, 2.05) is 6.92 Å². The molecule has 154 valence electrons. The minimum absolute atomic E-state index is 0.0452. The van der Waals surface area contributed by atoms with Crippen molar-refractivity contribution in [2.24, 2.45) is 5.10 Å². The van der Waals surface area contributed by atoms with Gasteiger partial charge in [-0.15, -0.1) is 0 Å². The third-order valence-electron chi connectivity index (χ3n) is 3.56. The number of amides is 2. The molecule has 0 radical (unpaired) electrons. The van der Waals surface area contributed by atoms with Crippen LogP contribution in [0, 0.1) is 6.92 Å². The fourth-order valence-electron chi connectivity index (χ4n) is 2.02. The maximum Gasteiger partial charge on any atom is 0.259 e. The third-order valence-corrected chi connectivity index (χ3v) is 5.54. The van der Waals surface area contributed by atoms with Crippen LogP contribution in [0.5, 0.6) is 0 Å². The van der Waals surface area contributed by atoms with Crippen molar-refractivity contribution >= 4 is 51.3 Å². The molecule has 0 unspecified atom stereocenters. The van der Waals surface area contributed by atoms with Gasteiger partial charge in [-0.05, 0) is 31.2 Å². The number of aryl methyl sites for hydroxylation is 1. The standard InChI is InChI=1S/C18H18Cl2N4O4S/c1-12-2-6-15(7-3-12)29(27,28)23-11-17(25)21-10-18(26)24-22-9-13-4-5-14(19)8-16(13)20/h2-9,23H,10-11H2,1H3,(H,21,25)(H,24,26)/b22-9+. The lowest BCUT2D eigenvalue weighted by Crippen LogP contribution is -2.41. The van der Waals surface area contributed by atoms with E-state index in [9.17, 15) is 18.0 Å². The molecule has 2 aromatic rings. The molecule has 0 fully saturated rings. The minimum atomic E-state index is -3.82. The second-order valence-electron chi connectivity index (χ2n) is 5.87. The molecule has 0 spiro atoms. The molecule has 2 amide bonds. The molecule has 0 atom stereocenters.